The second kappa shape index (κ2) is 10.5. The molecule has 1 rings (SSSR count). The summed E-state index contributed by atoms with van der Waals surface area (Å²) in [6.45, 7) is 7.67. The van der Waals surface area contributed by atoms with Crippen LogP contribution in [0.5, 0.6) is 0 Å². The molecular weight excluding hydrogens is 344 g/mol. The molecule has 1 aromatic rings. The van der Waals surface area contributed by atoms with Crippen LogP contribution >= 0.6 is 0 Å². The molecule has 148 valence electrons. The number of amides is 2. The lowest BCUT2D eigenvalue weighted by Gasteiger charge is -2.33. The second-order valence-corrected chi connectivity index (χ2v) is 7.33. The van der Waals surface area contributed by atoms with Crippen LogP contribution in [0.3, 0.4) is 0 Å². The van der Waals surface area contributed by atoms with Crippen molar-refractivity contribution in [1.82, 2.24) is 4.90 Å². The van der Waals surface area contributed by atoms with Gasteiger partial charge in [-0.05, 0) is 23.8 Å². The first-order valence-corrected chi connectivity index (χ1v) is 9.20. The van der Waals surface area contributed by atoms with Crippen molar-refractivity contribution in [1.29, 1.82) is 0 Å². The standard InChI is InChI=1S/C21H30N2O4/c1-14(2)12-17(13-18(24)25)21(27)23(19(15(3)4)20(22)26)11-10-16-8-6-5-7-9-16/h5-9,12,14-15,19H,10-11,13H2,1-4H3,(H2,22,26)(H,24,25)/t19-/m0/s1. The normalized spacial score (nSPS) is 12.9. The third-order valence-corrected chi connectivity index (χ3v) is 4.15. The molecule has 0 saturated carbocycles. The Morgan fingerprint density at radius 3 is 2.15 bits per heavy atom. The molecule has 0 spiro atoms. The summed E-state index contributed by atoms with van der Waals surface area (Å²) in [5, 5.41) is 9.19. The Morgan fingerprint density at radius 1 is 1.11 bits per heavy atom. The number of benzene rings is 1. The fourth-order valence-corrected chi connectivity index (χ4v) is 3.06. The fraction of sp³-hybridized carbons (Fsp3) is 0.476. The molecule has 1 atom stereocenters. The minimum absolute atomic E-state index is 0.00496. The van der Waals surface area contributed by atoms with E-state index in [1.807, 2.05) is 58.0 Å². The third kappa shape index (κ3) is 7.25. The molecule has 2 amide bonds. The minimum Gasteiger partial charge on any atom is -0.481 e. The predicted octanol–water partition coefficient (Wildman–Crippen LogP) is 2.62. The zero-order valence-corrected chi connectivity index (χ0v) is 16.5. The average molecular weight is 374 g/mol. The van der Waals surface area contributed by atoms with Crippen LogP contribution in [0.4, 0.5) is 0 Å². The molecule has 0 aliphatic heterocycles. The molecule has 3 N–H and O–H groups in total. The first-order chi connectivity index (χ1) is 12.6. The number of carbonyl (C=O) groups excluding carboxylic acids is 2. The van der Waals surface area contributed by atoms with E-state index in [2.05, 4.69) is 0 Å². The number of carbonyl (C=O) groups is 3. The van der Waals surface area contributed by atoms with E-state index in [0.717, 1.165) is 5.56 Å². The maximum absolute atomic E-state index is 13.2. The van der Waals surface area contributed by atoms with E-state index in [9.17, 15) is 19.5 Å². The van der Waals surface area contributed by atoms with Crippen molar-refractivity contribution >= 4 is 17.8 Å². The summed E-state index contributed by atoms with van der Waals surface area (Å²) in [4.78, 5) is 37.9. The van der Waals surface area contributed by atoms with Crippen molar-refractivity contribution < 1.29 is 19.5 Å². The molecule has 6 nitrogen and oxygen atoms in total. The van der Waals surface area contributed by atoms with Gasteiger partial charge in [-0.3, -0.25) is 14.4 Å². The number of nitrogens with two attached hydrogens (primary N) is 1. The van der Waals surface area contributed by atoms with E-state index in [0.29, 0.717) is 6.42 Å². The first-order valence-electron chi connectivity index (χ1n) is 9.20. The maximum atomic E-state index is 13.2. The highest BCUT2D eigenvalue weighted by Crippen LogP contribution is 2.18. The van der Waals surface area contributed by atoms with E-state index in [4.69, 9.17) is 5.73 Å². The minimum atomic E-state index is -1.08. The van der Waals surface area contributed by atoms with Gasteiger partial charge in [-0.1, -0.05) is 64.1 Å². The summed E-state index contributed by atoms with van der Waals surface area (Å²) in [6, 6.07) is 8.81. The molecule has 1 aromatic carbocycles. The molecule has 6 heteroatoms. The Morgan fingerprint density at radius 2 is 1.70 bits per heavy atom. The Balaban J connectivity index is 3.22. The molecule has 0 radical (unpaired) electrons. The highest BCUT2D eigenvalue weighted by molar-refractivity contribution is 5.99. The number of carboxylic acid groups (broad SMARTS) is 1. The van der Waals surface area contributed by atoms with Crippen LogP contribution in [0.25, 0.3) is 0 Å². The Labute approximate surface area is 161 Å². The van der Waals surface area contributed by atoms with Gasteiger partial charge in [0.25, 0.3) is 5.91 Å². The lowest BCUT2D eigenvalue weighted by atomic mass is 9.98. The molecule has 27 heavy (non-hydrogen) atoms. The summed E-state index contributed by atoms with van der Waals surface area (Å²) in [6.07, 6.45) is 1.80. The van der Waals surface area contributed by atoms with Crippen molar-refractivity contribution in [2.45, 2.75) is 46.6 Å². The number of allylic oxidation sites excluding steroid dienone is 1. The number of nitrogens with zero attached hydrogens (tertiary/aromatic N) is 1. The van der Waals surface area contributed by atoms with Gasteiger partial charge in [0.2, 0.25) is 5.91 Å². The molecule has 0 unspecified atom stereocenters. The zero-order chi connectivity index (χ0) is 20.6. The van der Waals surface area contributed by atoms with Crippen molar-refractivity contribution in [3.05, 3.63) is 47.5 Å². The number of primary amides is 1. The van der Waals surface area contributed by atoms with Crippen molar-refractivity contribution in [2.75, 3.05) is 6.54 Å². The van der Waals surface area contributed by atoms with Gasteiger partial charge in [-0.15, -0.1) is 0 Å². The lowest BCUT2D eigenvalue weighted by molar-refractivity contribution is -0.140. The lowest BCUT2D eigenvalue weighted by Crippen LogP contribution is -2.52. The van der Waals surface area contributed by atoms with E-state index in [1.54, 1.807) is 6.08 Å². The summed E-state index contributed by atoms with van der Waals surface area (Å²) in [7, 11) is 0. The third-order valence-electron chi connectivity index (χ3n) is 4.15. The van der Waals surface area contributed by atoms with Crippen LogP contribution in [-0.2, 0) is 20.8 Å². The van der Waals surface area contributed by atoms with Crippen molar-refractivity contribution in [3.8, 4) is 0 Å². The van der Waals surface area contributed by atoms with Crippen LogP contribution in [0.15, 0.2) is 42.0 Å². The molecule has 0 saturated heterocycles. The number of hydrogen-bond donors (Lipinski definition) is 2. The van der Waals surface area contributed by atoms with Gasteiger partial charge >= 0.3 is 5.97 Å². The van der Waals surface area contributed by atoms with Crippen LogP contribution in [0.2, 0.25) is 0 Å². The largest absolute Gasteiger partial charge is 0.481 e. The maximum Gasteiger partial charge on any atom is 0.308 e. The number of aliphatic carboxylic acids is 1. The molecule has 0 aliphatic rings. The van der Waals surface area contributed by atoms with E-state index >= 15 is 0 Å². The SMILES string of the molecule is CC(C)C=C(CC(=O)O)C(=O)N(CCc1ccccc1)[C@H](C(N)=O)C(C)C. The van der Waals surface area contributed by atoms with E-state index < -0.39 is 23.8 Å². The molecule has 0 bridgehead atoms. The monoisotopic (exact) mass is 374 g/mol. The summed E-state index contributed by atoms with van der Waals surface area (Å²) in [5.74, 6) is -2.30. The molecule has 0 fully saturated rings. The highest BCUT2D eigenvalue weighted by Gasteiger charge is 2.32. The number of rotatable bonds is 10. The van der Waals surface area contributed by atoms with Gasteiger partial charge in [0, 0.05) is 12.1 Å². The Bertz CT molecular complexity index is 681. The van der Waals surface area contributed by atoms with Gasteiger partial charge in [-0.25, -0.2) is 0 Å². The average Bonchev–Trinajstić information content (AvgIpc) is 2.56. The molecular formula is C21H30N2O4. The van der Waals surface area contributed by atoms with Crippen LogP contribution < -0.4 is 5.73 Å². The van der Waals surface area contributed by atoms with Gasteiger partial charge in [0.1, 0.15) is 6.04 Å². The van der Waals surface area contributed by atoms with Gasteiger partial charge < -0.3 is 15.7 Å². The van der Waals surface area contributed by atoms with Gasteiger partial charge in [-0.2, -0.15) is 0 Å². The topological polar surface area (TPSA) is 101 Å². The van der Waals surface area contributed by atoms with Crippen molar-refractivity contribution in [2.24, 2.45) is 17.6 Å². The van der Waals surface area contributed by atoms with Crippen LogP contribution in [0.1, 0.15) is 39.7 Å². The van der Waals surface area contributed by atoms with Crippen LogP contribution in [0, 0.1) is 11.8 Å². The Kier molecular flexibility index (Phi) is 8.72. The summed E-state index contributed by atoms with van der Waals surface area (Å²) in [5.41, 5.74) is 6.78. The smallest absolute Gasteiger partial charge is 0.308 e. The fourth-order valence-electron chi connectivity index (χ4n) is 3.06. The molecule has 0 heterocycles. The van der Waals surface area contributed by atoms with Gasteiger partial charge in [0.05, 0.1) is 6.42 Å². The van der Waals surface area contributed by atoms with E-state index in [1.165, 1.54) is 4.90 Å². The molecule has 0 aliphatic carbocycles. The van der Waals surface area contributed by atoms with E-state index in [-0.39, 0.29) is 30.4 Å². The summed E-state index contributed by atoms with van der Waals surface area (Å²) < 4.78 is 0. The number of hydrogen-bond acceptors (Lipinski definition) is 3. The first kappa shape index (κ1) is 22.4. The highest BCUT2D eigenvalue weighted by atomic mass is 16.4. The van der Waals surface area contributed by atoms with Gasteiger partial charge in [0.15, 0.2) is 0 Å². The van der Waals surface area contributed by atoms with Crippen molar-refractivity contribution in [3.63, 3.8) is 0 Å². The Hall–Kier alpha value is -2.63. The zero-order valence-electron chi connectivity index (χ0n) is 16.5. The van der Waals surface area contributed by atoms with Crippen LogP contribution in [-0.4, -0.2) is 40.4 Å². The second-order valence-electron chi connectivity index (χ2n) is 7.33. The quantitative estimate of drug-likeness (QED) is 0.615. The predicted molar refractivity (Wildman–Crippen MR) is 105 cm³/mol. The number of carboxylic acids is 1. The molecule has 0 aromatic heterocycles. The summed E-state index contributed by atoms with van der Waals surface area (Å²) >= 11 is 0.